The van der Waals surface area contributed by atoms with Crippen LogP contribution in [0.2, 0.25) is 5.02 Å². The van der Waals surface area contributed by atoms with E-state index in [-0.39, 0.29) is 11.3 Å². The molecule has 0 bridgehead atoms. The molecular formula is C14H10ClN5O2. The summed E-state index contributed by atoms with van der Waals surface area (Å²) >= 11 is 6.08. The summed E-state index contributed by atoms with van der Waals surface area (Å²) in [4.78, 5) is 12.3. The van der Waals surface area contributed by atoms with Crippen molar-refractivity contribution in [2.24, 2.45) is 0 Å². The topological polar surface area (TPSA) is 92.9 Å². The van der Waals surface area contributed by atoms with Gasteiger partial charge in [0.1, 0.15) is 12.1 Å². The number of aromatic nitrogens is 4. The van der Waals surface area contributed by atoms with Gasteiger partial charge in [0.15, 0.2) is 0 Å². The first-order valence-corrected chi connectivity index (χ1v) is 6.64. The van der Waals surface area contributed by atoms with Gasteiger partial charge in [-0.05, 0) is 40.8 Å². The Morgan fingerprint density at radius 2 is 2.09 bits per heavy atom. The molecule has 8 heteroatoms. The number of rotatable bonds is 3. The number of carbonyl (C=O) groups is 1. The molecule has 1 amide bonds. The fourth-order valence-electron chi connectivity index (χ4n) is 1.89. The van der Waals surface area contributed by atoms with E-state index in [1.807, 2.05) is 0 Å². The van der Waals surface area contributed by atoms with Crippen LogP contribution in [0.4, 0.5) is 5.69 Å². The minimum atomic E-state index is -0.398. The first-order valence-electron chi connectivity index (χ1n) is 6.27. The molecule has 2 aromatic carbocycles. The van der Waals surface area contributed by atoms with E-state index in [1.165, 1.54) is 23.1 Å². The summed E-state index contributed by atoms with van der Waals surface area (Å²) < 4.78 is 1.42. The second-order valence-corrected chi connectivity index (χ2v) is 4.83. The number of nitrogens with zero attached hydrogens (tertiary/aromatic N) is 4. The molecule has 3 rings (SSSR count). The number of benzene rings is 2. The first-order chi connectivity index (χ1) is 10.6. The van der Waals surface area contributed by atoms with Crippen molar-refractivity contribution in [1.29, 1.82) is 0 Å². The Hall–Kier alpha value is -2.93. The normalized spacial score (nSPS) is 10.4. The molecule has 0 aliphatic rings. The van der Waals surface area contributed by atoms with Gasteiger partial charge in [-0.15, -0.1) is 5.10 Å². The number of hydrogen-bond donors (Lipinski definition) is 2. The zero-order valence-corrected chi connectivity index (χ0v) is 11.9. The van der Waals surface area contributed by atoms with Crippen molar-refractivity contribution < 1.29 is 9.90 Å². The van der Waals surface area contributed by atoms with Crippen LogP contribution in [0.15, 0.2) is 48.8 Å². The quantitative estimate of drug-likeness (QED) is 0.773. The highest BCUT2D eigenvalue weighted by atomic mass is 35.5. The molecule has 0 spiro atoms. The van der Waals surface area contributed by atoms with Gasteiger partial charge in [-0.3, -0.25) is 4.79 Å². The Morgan fingerprint density at radius 1 is 1.23 bits per heavy atom. The molecule has 0 aliphatic carbocycles. The average molecular weight is 316 g/mol. The molecule has 0 fully saturated rings. The summed E-state index contributed by atoms with van der Waals surface area (Å²) in [5.74, 6) is -0.336. The Labute approximate surface area is 130 Å². The molecule has 110 valence electrons. The van der Waals surface area contributed by atoms with Gasteiger partial charge >= 0.3 is 0 Å². The monoisotopic (exact) mass is 315 g/mol. The number of phenols is 1. The molecule has 1 heterocycles. The number of anilines is 1. The maximum atomic E-state index is 12.3. The molecule has 0 aliphatic heterocycles. The lowest BCUT2D eigenvalue weighted by Gasteiger charge is -2.09. The molecule has 2 N–H and O–H groups in total. The number of nitrogens with one attached hydrogen (secondary N) is 1. The zero-order chi connectivity index (χ0) is 15.5. The highest BCUT2D eigenvalue weighted by molar-refractivity contribution is 6.34. The van der Waals surface area contributed by atoms with Crippen LogP contribution < -0.4 is 5.32 Å². The van der Waals surface area contributed by atoms with Crippen LogP contribution in [0.5, 0.6) is 5.75 Å². The number of phenolic OH excluding ortho intramolecular Hbond substituents is 1. The number of hydrogen-bond acceptors (Lipinski definition) is 5. The largest absolute Gasteiger partial charge is 0.508 e. The van der Waals surface area contributed by atoms with E-state index >= 15 is 0 Å². The lowest BCUT2D eigenvalue weighted by molar-refractivity contribution is 0.102. The van der Waals surface area contributed by atoms with Crippen molar-refractivity contribution in [3.05, 3.63) is 59.4 Å². The van der Waals surface area contributed by atoms with E-state index in [1.54, 1.807) is 30.3 Å². The number of carbonyl (C=O) groups excluding carboxylic acids is 1. The Kier molecular flexibility index (Phi) is 3.71. The summed E-state index contributed by atoms with van der Waals surface area (Å²) in [5, 5.41) is 23.2. The van der Waals surface area contributed by atoms with Crippen LogP contribution >= 0.6 is 11.6 Å². The lowest BCUT2D eigenvalue weighted by atomic mass is 10.1. The lowest BCUT2D eigenvalue weighted by Crippen LogP contribution is -2.13. The third-order valence-corrected chi connectivity index (χ3v) is 3.24. The minimum absolute atomic E-state index is 0.0614. The molecule has 7 nitrogen and oxygen atoms in total. The Bertz CT molecular complexity index is 820. The van der Waals surface area contributed by atoms with E-state index in [4.69, 9.17) is 11.6 Å². The van der Waals surface area contributed by atoms with Crippen molar-refractivity contribution in [3.8, 4) is 11.4 Å². The summed E-state index contributed by atoms with van der Waals surface area (Å²) in [6.07, 6.45) is 1.42. The van der Waals surface area contributed by atoms with E-state index < -0.39 is 5.91 Å². The van der Waals surface area contributed by atoms with Crippen molar-refractivity contribution in [2.45, 2.75) is 0 Å². The van der Waals surface area contributed by atoms with Gasteiger partial charge in [-0.1, -0.05) is 17.7 Å². The summed E-state index contributed by atoms with van der Waals surface area (Å²) in [6, 6.07) is 11.1. The molecule has 0 saturated carbocycles. The molecule has 3 aromatic rings. The van der Waals surface area contributed by atoms with Crippen LogP contribution in [0, 0.1) is 0 Å². The minimum Gasteiger partial charge on any atom is -0.508 e. The summed E-state index contributed by atoms with van der Waals surface area (Å²) in [6.45, 7) is 0. The Morgan fingerprint density at radius 3 is 2.82 bits per heavy atom. The van der Waals surface area contributed by atoms with Crippen LogP contribution in [0.25, 0.3) is 5.69 Å². The Balaban J connectivity index is 1.90. The van der Waals surface area contributed by atoms with Gasteiger partial charge < -0.3 is 10.4 Å². The second kappa shape index (κ2) is 5.82. The van der Waals surface area contributed by atoms with Gasteiger partial charge in [0.25, 0.3) is 5.91 Å². The molecular weight excluding hydrogens is 306 g/mol. The van der Waals surface area contributed by atoms with Gasteiger partial charge in [-0.25, -0.2) is 4.68 Å². The van der Waals surface area contributed by atoms with E-state index in [9.17, 15) is 9.90 Å². The van der Waals surface area contributed by atoms with Gasteiger partial charge in [0.05, 0.1) is 16.3 Å². The van der Waals surface area contributed by atoms with Crippen molar-refractivity contribution >= 4 is 23.2 Å². The number of aromatic hydroxyl groups is 1. The molecule has 0 radical (unpaired) electrons. The van der Waals surface area contributed by atoms with Crippen LogP contribution in [0.3, 0.4) is 0 Å². The zero-order valence-electron chi connectivity index (χ0n) is 11.1. The molecule has 22 heavy (non-hydrogen) atoms. The predicted molar refractivity (Wildman–Crippen MR) is 80.2 cm³/mol. The molecule has 0 saturated heterocycles. The first kappa shape index (κ1) is 14.0. The fourth-order valence-corrected chi connectivity index (χ4v) is 2.09. The predicted octanol–water partition coefficient (Wildman–Crippen LogP) is 2.27. The molecule has 1 aromatic heterocycles. The maximum absolute atomic E-state index is 12.3. The number of amides is 1. The van der Waals surface area contributed by atoms with Crippen molar-refractivity contribution in [2.75, 3.05) is 5.32 Å². The number of tetrazole rings is 1. The SMILES string of the molecule is O=C(Nc1cccc(O)c1)c1cc(-n2cnnn2)ccc1Cl. The van der Waals surface area contributed by atoms with E-state index in [0.29, 0.717) is 16.4 Å². The smallest absolute Gasteiger partial charge is 0.257 e. The van der Waals surface area contributed by atoms with E-state index in [0.717, 1.165) is 0 Å². The molecule has 0 atom stereocenters. The van der Waals surface area contributed by atoms with E-state index in [2.05, 4.69) is 20.8 Å². The standard InChI is InChI=1S/C14H10ClN5O2/c15-13-5-4-10(20-8-16-18-19-20)7-12(13)14(22)17-9-2-1-3-11(21)6-9/h1-8,21H,(H,17,22). The van der Waals surface area contributed by atoms with Crippen molar-refractivity contribution in [3.63, 3.8) is 0 Å². The van der Waals surface area contributed by atoms with Crippen molar-refractivity contribution in [1.82, 2.24) is 20.2 Å². The fraction of sp³-hybridized carbons (Fsp3) is 0. The van der Waals surface area contributed by atoms with Gasteiger partial charge in [0, 0.05) is 11.8 Å². The maximum Gasteiger partial charge on any atom is 0.257 e. The highest BCUT2D eigenvalue weighted by Gasteiger charge is 2.13. The second-order valence-electron chi connectivity index (χ2n) is 4.42. The van der Waals surface area contributed by atoms with Crippen LogP contribution in [-0.2, 0) is 0 Å². The average Bonchev–Trinajstić information content (AvgIpc) is 3.02. The number of halogens is 1. The van der Waals surface area contributed by atoms with Crippen LogP contribution in [-0.4, -0.2) is 31.2 Å². The van der Waals surface area contributed by atoms with Gasteiger partial charge in [0.2, 0.25) is 0 Å². The summed E-state index contributed by atoms with van der Waals surface area (Å²) in [5.41, 5.74) is 1.35. The highest BCUT2D eigenvalue weighted by Crippen LogP contribution is 2.22. The third kappa shape index (κ3) is 2.89. The van der Waals surface area contributed by atoms with Gasteiger partial charge in [-0.2, -0.15) is 0 Å². The summed E-state index contributed by atoms with van der Waals surface area (Å²) in [7, 11) is 0. The molecule has 0 unspecified atom stereocenters. The third-order valence-electron chi connectivity index (χ3n) is 2.91. The van der Waals surface area contributed by atoms with Crippen LogP contribution in [0.1, 0.15) is 10.4 Å².